The third-order valence-electron chi connectivity index (χ3n) is 2.84. The van der Waals surface area contributed by atoms with Crippen LogP contribution >= 0.6 is 12.2 Å². The maximum absolute atomic E-state index is 11.8. The third kappa shape index (κ3) is 6.53. The van der Waals surface area contributed by atoms with Gasteiger partial charge in [0.1, 0.15) is 6.54 Å². The first-order valence-electron chi connectivity index (χ1n) is 7.06. The molecule has 1 rings (SSSR count). The molecular formula is C15H21N3O3S. The highest BCUT2D eigenvalue weighted by atomic mass is 32.1. The molecule has 0 saturated heterocycles. The Morgan fingerprint density at radius 1 is 1.18 bits per heavy atom. The van der Waals surface area contributed by atoms with Crippen molar-refractivity contribution in [1.82, 2.24) is 10.6 Å². The molecule has 120 valence electrons. The van der Waals surface area contributed by atoms with Gasteiger partial charge in [-0.3, -0.25) is 9.59 Å². The third-order valence-corrected chi connectivity index (χ3v) is 3.09. The number of unbranched alkanes of at least 4 members (excludes halogenated alkanes) is 1. The zero-order valence-electron chi connectivity index (χ0n) is 12.8. The minimum atomic E-state index is -0.491. The molecule has 0 fully saturated rings. The minimum absolute atomic E-state index is 0.152. The summed E-state index contributed by atoms with van der Waals surface area (Å²) in [6.45, 7) is 2.79. The number of nitrogens with one attached hydrogen (secondary N) is 3. The van der Waals surface area contributed by atoms with Crippen molar-refractivity contribution in [3.63, 3.8) is 0 Å². The van der Waals surface area contributed by atoms with Crippen LogP contribution in [0.1, 0.15) is 30.1 Å². The van der Waals surface area contributed by atoms with Crippen molar-refractivity contribution in [2.45, 2.75) is 19.8 Å². The van der Waals surface area contributed by atoms with Crippen molar-refractivity contribution in [2.75, 3.05) is 25.5 Å². The molecule has 0 radical (unpaired) electrons. The standard InChI is InChI=1S/C15H21N3O3S/c1-3-4-9-16-15(22)18-12-7-5-11(6-8-12)14(20)17-10-13(19)21-2/h5-8H,3-4,9-10H2,1-2H3,(H,17,20)(H2,16,18,22). The molecule has 0 aliphatic rings. The van der Waals surface area contributed by atoms with Crippen LogP contribution in [0.2, 0.25) is 0 Å². The number of anilines is 1. The lowest BCUT2D eigenvalue weighted by atomic mass is 10.2. The molecule has 0 atom stereocenters. The van der Waals surface area contributed by atoms with Crippen LogP contribution in [0.25, 0.3) is 0 Å². The fourth-order valence-corrected chi connectivity index (χ4v) is 1.81. The molecule has 1 aromatic carbocycles. The second-order valence-corrected chi connectivity index (χ2v) is 4.98. The van der Waals surface area contributed by atoms with Gasteiger partial charge in [-0.15, -0.1) is 0 Å². The van der Waals surface area contributed by atoms with Crippen molar-refractivity contribution < 1.29 is 14.3 Å². The van der Waals surface area contributed by atoms with Crippen molar-refractivity contribution in [3.8, 4) is 0 Å². The van der Waals surface area contributed by atoms with Crippen LogP contribution in [0.5, 0.6) is 0 Å². The zero-order valence-corrected chi connectivity index (χ0v) is 13.6. The van der Waals surface area contributed by atoms with Gasteiger partial charge in [-0.2, -0.15) is 0 Å². The van der Waals surface area contributed by atoms with Gasteiger partial charge >= 0.3 is 5.97 Å². The Morgan fingerprint density at radius 3 is 2.45 bits per heavy atom. The molecule has 22 heavy (non-hydrogen) atoms. The number of carbonyl (C=O) groups excluding carboxylic acids is 2. The molecule has 0 aromatic heterocycles. The van der Waals surface area contributed by atoms with Crippen molar-refractivity contribution in [1.29, 1.82) is 0 Å². The van der Waals surface area contributed by atoms with Crippen LogP contribution in [0.4, 0.5) is 5.69 Å². The van der Waals surface area contributed by atoms with Gasteiger partial charge in [0.25, 0.3) is 5.91 Å². The van der Waals surface area contributed by atoms with E-state index in [1.54, 1.807) is 24.3 Å². The molecule has 0 bridgehead atoms. The SMILES string of the molecule is CCCCNC(=S)Nc1ccc(C(=O)NCC(=O)OC)cc1. The second kappa shape index (κ2) is 9.73. The number of rotatable bonds is 7. The van der Waals surface area contributed by atoms with Gasteiger partial charge < -0.3 is 20.7 Å². The first kappa shape index (κ1) is 17.9. The van der Waals surface area contributed by atoms with Gasteiger partial charge in [0, 0.05) is 17.8 Å². The molecule has 3 N–H and O–H groups in total. The number of hydrogen-bond donors (Lipinski definition) is 3. The summed E-state index contributed by atoms with van der Waals surface area (Å²) in [6, 6.07) is 6.81. The van der Waals surface area contributed by atoms with Crippen molar-refractivity contribution >= 4 is 34.9 Å². The van der Waals surface area contributed by atoms with Gasteiger partial charge in [0.05, 0.1) is 7.11 Å². The van der Waals surface area contributed by atoms with Crippen molar-refractivity contribution in [2.24, 2.45) is 0 Å². The van der Waals surface area contributed by atoms with Crippen LogP contribution in [-0.4, -0.2) is 37.2 Å². The predicted octanol–water partition coefficient (Wildman–Crippen LogP) is 1.68. The maximum Gasteiger partial charge on any atom is 0.325 e. The monoisotopic (exact) mass is 323 g/mol. The maximum atomic E-state index is 11.8. The summed E-state index contributed by atoms with van der Waals surface area (Å²) >= 11 is 5.16. The second-order valence-electron chi connectivity index (χ2n) is 4.57. The number of carbonyl (C=O) groups is 2. The van der Waals surface area contributed by atoms with E-state index in [2.05, 4.69) is 27.6 Å². The lowest BCUT2D eigenvalue weighted by molar-refractivity contribution is -0.139. The number of esters is 1. The number of hydrogen-bond acceptors (Lipinski definition) is 4. The van der Waals surface area contributed by atoms with Gasteiger partial charge in [-0.25, -0.2) is 0 Å². The van der Waals surface area contributed by atoms with Crippen LogP contribution in [-0.2, 0) is 9.53 Å². The molecule has 7 heteroatoms. The lowest BCUT2D eigenvalue weighted by Gasteiger charge is -2.10. The van der Waals surface area contributed by atoms with E-state index in [4.69, 9.17) is 12.2 Å². The van der Waals surface area contributed by atoms with Crippen LogP contribution < -0.4 is 16.0 Å². The minimum Gasteiger partial charge on any atom is -0.468 e. The number of ether oxygens (including phenoxy) is 1. The van der Waals surface area contributed by atoms with E-state index in [1.807, 2.05) is 0 Å². The molecular weight excluding hydrogens is 302 g/mol. The Hall–Kier alpha value is -2.15. The predicted molar refractivity (Wildman–Crippen MR) is 89.9 cm³/mol. The molecule has 0 unspecified atom stereocenters. The van der Waals surface area contributed by atoms with Crippen molar-refractivity contribution in [3.05, 3.63) is 29.8 Å². The topological polar surface area (TPSA) is 79.5 Å². The summed E-state index contributed by atoms with van der Waals surface area (Å²) in [4.78, 5) is 22.8. The van der Waals surface area contributed by atoms with E-state index in [1.165, 1.54) is 7.11 Å². The van der Waals surface area contributed by atoms with E-state index >= 15 is 0 Å². The molecule has 6 nitrogen and oxygen atoms in total. The smallest absolute Gasteiger partial charge is 0.325 e. The van der Waals surface area contributed by atoms with E-state index in [0.717, 1.165) is 25.1 Å². The summed E-state index contributed by atoms with van der Waals surface area (Å²) in [5.74, 6) is -0.823. The fraction of sp³-hybridized carbons (Fsp3) is 0.400. The van der Waals surface area contributed by atoms with Crippen LogP contribution in [0.3, 0.4) is 0 Å². The average Bonchev–Trinajstić information content (AvgIpc) is 2.53. The summed E-state index contributed by atoms with van der Waals surface area (Å²) in [5.41, 5.74) is 1.25. The van der Waals surface area contributed by atoms with E-state index < -0.39 is 5.97 Å². The first-order chi connectivity index (χ1) is 10.6. The fourth-order valence-electron chi connectivity index (χ4n) is 1.59. The lowest BCUT2D eigenvalue weighted by Crippen LogP contribution is -2.30. The van der Waals surface area contributed by atoms with E-state index in [-0.39, 0.29) is 12.5 Å². The van der Waals surface area contributed by atoms with Crippen LogP contribution in [0.15, 0.2) is 24.3 Å². The molecule has 0 spiro atoms. The summed E-state index contributed by atoms with van der Waals surface area (Å²) < 4.78 is 4.45. The van der Waals surface area contributed by atoms with Crippen LogP contribution in [0, 0.1) is 0 Å². The Labute approximate surface area is 135 Å². The largest absolute Gasteiger partial charge is 0.468 e. The highest BCUT2D eigenvalue weighted by molar-refractivity contribution is 7.80. The molecule has 0 aliphatic heterocycles. The molecule has 0 saturated carbocycles. The average molecular weight is 323 g/mol. The zero-order chi connectivity index (χ0) is 16.4. The van der Waals surface area contributed by atoms with Gasteiger partial charge in [0.15, 0.2) is 5.11 Å². The van der Waals surface area contributed by atoms with Gasteiger partial charge in [-0.05, 0) is 42.9 Å². The van der Waals surface area contributed by atoms with Gasteiger partial charge in [-0.1, -0.05) is 13.3 Å². The number of benzene rings is 1. The normalized spacial score (nSPS) is 9.73. The summed E-state index contributed by atoms with van der Waals surface area (Å²) in [7, 11) is 1.27. The Morgan fingerprint density at radius 2 is 1.86 bits per heavy atom. The van der Waals surface area contributed by atoms with E-state index in [0.29, 0.717) is 10.7 Å². The molecule has 1 amide bonds. The number of thiocarbonyl (C=S) groups is 1. The highest BCUT2D eigenvalue weighted by Gasteiger charge is 2.08. The highest BCUT2D eigenvalue weighted by Crippen LogP contribution is 2.09. The van der Waals surface area contributed by atoms with E-state index in [9.17, 15) is 9.59 Å². The first-order valence-corrected chi connectivity index (χ1v) is 7.47. The Balaban J connectivity index is 2.46. The van der Waals surface area contributed by atoms with Gasteiger partial charge in [0.2, 0.25) is 0 Å². The molecule has 0 heterocycles. The molecule has 1 aromatic rings. The number of amides is 1. The summed E-state index contributed by atoms with van der Waals surface area (Å²) in [5, 5.41) is 9.16. The molecule has 0 aliphatic carbocycles. The number of methoxy groups -OCH3 is 1. The quantitative estimate of drug-likeness (QED) is 0.402. The summed E-state index contributed by atoms with van der Waals surface area (Å²) in [6.07, 6.45) is 2.16. The Bertz CT molecular complexity index is 517. The Kier molecular flexibility index (Phi) is 7.91.